The average Bonchev–Trinajstić information content (AvgIpc) is 3.38. The smallest absolute Gasteiger partial charge is 0.234 e. The Labute approximate surface area is 166 Å². The van der Waals surface area contributed by atoms with Crippen LogP contribution in [0.3, 0.4) is 0 Å². The van der Waals surface area contributed by atoms with Gasteiger partial charge in [-0.25, -0.2) is 4.39 Å². The number of anilines is 1. The van der Waals surface area contributed by atoms with Crippen molar-refractivity contribution in [2.45, 2.75) is 37.9 Å². The molecule has 0 spiro atoms. The first-order valence-electron chi connectivity index (χ1n) is 9.08. The molecule has 2 aromatic heterocycles. The molecule has 1 N–H and O–H groups in total. The first kappa shape index (κ1) is 18.7. The maximum atomic E-state index is 14.2. The van der Waals surface area contributed by atoms with Crippen LogP contribution in [0.5, 0.6) is 0 Å². The van der Waals surface area contributed by atoms with Crippen LogP contribution < -0.4 is 5.32 Å². The van der Waals surface area contributed by atoms with Crippen molar-refractivity contribution in [2.75, 3.05) is 11.1 Å². The predicted octanol–water partition coefficient (Wildman–Crippen LogP) is 3.50. The number of benzene rings is 1. The molecule has 0 aliphatic heterocycles. The van der Waals surface area contributed by atoms with Crippen LogP contribution >= 0.6 is 11.8 Å². The first-order valence-corrected chi connectivity index (χ1v) is 10.1. The van der Waals surface area contributed by atoms with E-state index in [9.17, 15) is 9.18 Å². The van der Waals surface area contributed by atoms with E-state index in [0.29, 0.717) is 16.5 Å². The maximum Gasteiger partial charge on any atom is 0.234 e. The minimum atomic E-state index is -0.325. The van der Waals surface area contributed by atoms with Gasteiger partial charge in [0.1, 0.15) is 5.82 Å². The van der Waals surface area contributed by atoms with Crippen LogP contribution in [0.2, 0.25) is 0 Å². The van der Waals surface area contributed by atoms with Crippen molar-refractivity contribution >= 4 is 23.4 Å². The third-order valence-electron chi connectivity index (χ3n) is 4.80. The standard InChI is InChI=1S/C19H21FN6OS/c1-11-17(12(2)25(3)24-11)21-16(27)10-28-19-23-22-18(26(19)13-8-9-13)14-6-4-5-7-15(14)20/h4-7,13H,8-10H2,1-3H3,(H,21,27). The summed E-state index contributed by atoms with van der Waals surface area (Å²) in [6, 6.07) is 6.81. The van der Waals surface area contributed by atoms with Crippen LogP contribution in [-0.2, 0) is 11.8 Å². The van der Waals surface area contributed by atoms with E-state index in [-0.39, 0.29) is 23.5 Å². The van der Waals surface area contributed by atoms with Gasteiger partial charge in [0.05, 0.1) is 28.4 Å². The summed E-state index contributed by atoms with van der Waals surface area (Å²) in [6.07, 6.45) is 2.01. The molecule has 1 fully saturated rings. The van der Waals surface area contributed by atoms with Gasteiger partial charge in [-0.2, -0.15) is 5.10 Å². The zero-order valence-electron chi connectivity index (χ0n) is 15.9. The number of halogens is 1. The van der Waals surface area contributed by atoms with E-state index in [1.54, 1.807) is 22.9 Å². The quantitative estimate of drug-likeness (QED) is 0.641. The largest absolute Gasteiger partial charge is 0.322 e. The Balaban J connectivity index is 1.51. The topological polar surface area (TPSA) is 77.6 Å². The van der Waals surface area contributed by atoms with Gasteiger partial charge in [-0.3, -0.25) is 14.0 Å². The Bertz CT molecular complexity index is 1040. The van der Waals surface area contributed by atoms with E-state index in [4.69, 9.17) is 0 Å². The summed E-state index contributed by atoms with van der Waals surface area (Å²) in [5.41, 5.74) is 2.85. The van der Waals surface area contributed by atoms with Crippen LogP contribution in [-0.4, -0.2) is 36.2 Å². The molecule has 0 saturated heterocycles. The molecule has 0 radical (unpaired) electrons. The minimum Gasteiger partial charge on any atom is -0.322 e. The number of rotatable bonds is 6. The van der Waals surface area contributed by atoms with Crippen LogP contribution in [0, 0.1) is 19.7 Å². The van der Waals surface area contributed by atoms with Gasteiger partial charge in [-0.15, -0.1) is 10.2 Å². The number of carbonyl (C=O) groups excluding carboxylic acids is 1. The zero-order chi connectivity index (χ0) is 19.8. The summed E-state index contributed by atoms with van der Waals surface area (Å²) in [5, 5.41) is 16.3. The van der Waals surface area contributed by atoms with Gasteiger partial charge in [-0.1, -0.05) is 23.9 Å². The summed E-state index contributed by atoms with van der Waals surface area (Å²) in [4.78, 5) is 12.4. The molecule has 1 aromatic carbocycles. The Morgan fingerprint density at radius 1 is 1.29 bits per heavy atom. The SMILES string of the molecule is Cc1nn(C)c(C)c1NC(=O)CSc1nnc(-c2ccccc2F)n1C1CC1. The average molecular weight is 400 g/mol. The highest BCUT2D eigenvalue weighted by atomic mass is 32.2. The fraction of sp³-hybridized carbons (Fsp3) is 0.368. The summed E-state index contributed by atoms with van der Waals surface area (Å²) in [6.45, 7) is 3.77. The lowest BCUT2D eigenvalue weighted by atomic mass is 10.2. The zero-order valence-corrected chi connectivity index (χ0v) is 16.8. The summed E-state index contributed by atoms with van der Waals surface area (Å²) < 4.78 is 17.9. The normalized spacial score (nSPS) is 13.7. The second-order valence-corrected chi connectivity index (χ2v) is 7.84. The van der Waals surface area contributed by atoms with Crippen LogP contribution in [0.25, 0.3) is 11.4 Å². The number of amides is 1. The molecule has 28 heavy (non-hydrogen) atoms. The molecule has 7 nitrogen and oxygen atoms in total. The molecule has 1 amide bonds. The monoisotopic (exact) mass is 400 g/mol. The van der Waals surface area contributed by atoms with Crippen LogP contribution in [0.1, 0.15) is 30.3 Å². The molecule has 3 aromatic rings. The lowest BCUT2D eigenvalue weighted by molar-refractivity contribution is -0.113. The number of aryl methyl sites for hydroxylation is 2. The number of carbonyl (C=O) groups is 1. The van der Waals surface area contributed by atoms with Crippen molar-refractivity contribution in [3.8, 4) is 11.4 Å². The molecule has 0 atom stereocenters. The highest BCUT2D eigenvalue weighted by Crippen LogP contribution is 2.41. The lowest BCUT2D eigenvalue weighted by Crippen LogP contribution is -2.15. The maximum absolute atomic E-state index is 14.2. The van der Waals surface area contributed by atoms with Crippen molar-refractivity contribution in [1.29, 1.82) is 0 Å². The predicted molar refractivity (Wildman–Crippen MR) is 106 cm³/mol. The molecule has 4 rings (SSSR count). The Morgan fingerprint density at radius 2 is 2.04 bits per heavy atom. The molecular formula is C19H21FN6OS. The molecule has 1 aliphatic carbocycles. The Kier molecular flexibility index (Phi) is 4.92. The molecule has 0 unspecified atom stereocenters. The third kappa shape index (κ3) is 3.54. The van der Waals surface area contributed by atoms with Gasteiger partial charge in [-0.05, 0) is 38.8 Å². The fourth-order valence-electron chi connectivity index (χ4n) is 3.12. The van der Waals surface area contributed by atoms with E-state index in [0.717, 1.165) is 29.9 Å². The van der Waals surface area contributed by atoms with Gasteiger partial charge in [0.15, 0.2) is 11.0 Å². The van der Waals surface area contributed by atoms with Gasteiger partial charge >= 0.3 is 0 Å². The number of hydrogen-bond donors (Lipinski definition) is 1. The number of hydrogen-bond acceptors (Lipinski definition) is 5. The Hall–Kier alpha value is -2.68. The van der Waals surface area contributed by atoms with Crippen molar-refractivity contribution in [2.24, 2.45) is 7.05 Å². The first-order chi connectivity index (χ1) is 13.5. The highest BCUT2D eigenvalue weighted by molar-refractivity contribution is 7.99. The summed E-state index contributed by atoms with van der Waals surface area (Å²) >= 11 is 1.31. The lowest BCUT2D eigenvalue weighted by Gasteiger charge is -2.09. The van der Waals surface area contributed by atoms with Crippen molar-refractivity contribution in [3.05, 3.63) is 41.5 Å². The van der Waals surface area contributed by atoms with E-state index in [1.807, 2.05) is 25.5 Å². The number of nitrogens with zero attached hydrogens (tertiary/aromatic N) is 5. The number of thioether (sulfide) groups is 1. The van der Waals surface area contributed by atoms with E-state index >= 15 is 0 Å². The molecule has 9 heteroatoms. The minimum absolute atomic E-state index is 0.137. The van der Waals surface area contributed by atoms with Crippen LogP contribution in [0.15, 0.2) is 29.4 Å². The number of nitrogens with one attached hydrogen (secondary N) is 1. The van der Waals surface area contributed by atoms with Gasteiger partial charge in [0, 0.05) is 13.1 Å². The second kappa shape index (κ2) is 7.38. The molecule has 146 valence electrons. The molecule has 2 heterocycles. The van der Waals surface area contributed by atoms with E-state index in [1.165, 1.54) is 17.8 Å². The van der Waals surface area contributed by atoms with Gasteiger partial charge in [0.2, 0.25) is 5.91 Å². The van der Waals surface area contributed by atoms with Crippen molar-refractivity contribution in [3.63, 3.8) is 0 Å². The van der Waals surface area contributed by atoms with Gasteiger partial charge in [0.25, 0.3) is 0 Å². The molecular weight excluding hydrogens is 379 g/mol. The fourth-order valence-corrected chi connectivity index (χ4v) is 3.93. The summed E-state index contributed by atoms with van der Waals surface area (Å²) in [5.74, 6) is 0.244. The molecule has 1 saturated carbocycles. The van der Waals surface area contributed by atoms with E-state index < -0.39 is 0 Å². The Morgan fingerprint density at radius 3 is 2.68 bits per heavy atom. The van der Waals surface area contributed by atoms with Crippen molar-refractivity contribution < 1.29 is 9.18 Å². The molecule has 0 bridgehead atoms. The molecule has 1 aliphatic rings. The summed E-state index contributed by atoms with van der Waals surface area (Å²) in [7, 11) is 1.84. The van der Waals surface area contributed by atoms with Crippen LogP contribution in [0.4, 0.5) is 10.1 Å². The third-order valence-corrected chi connectivity index (χ3v) is 5.74. The highest BCUT2D eigenvalue weighted by Gasteiger charge is 2.31. The van der Waals surface area contributed by atoms with Crippen molar-refractivity contribution in [1.82, 2.24) is 24.5 Å². The second-order valence-electron chi connectivity index (χ2n) is 6.89. The van der Waals surface area contributed by atoms with Gasteiger partial charge < -0.3 is 5.32 Å². The number of aromatic nitrogens is 5. The van der Waals surface area contributed by atoms with E-state index in [2.05, 4.69) is 20.6 Å².